The molecule has 0 bridgehead atoms. The van der Waals surface area contributed by atoms with Gasteiger partial charge < -0.3 is 104 Å². The lowest BCUT2D eigenvalue weighted by molar-refractivity contribution is -0.138. The van der Waals surface area contributed by atoms with Crippen LogP contribution in [0, 0.1) is 11.8 Å². The van der Waals surface area contributed by atoms with Crippen molar-refractivity contribution in [3.63, 3.8) is 0 Å². The molecule has 0 aliphatic heterocycles. The number of aromatic nitrogens is 1. The zero-order valence-corrected chi connectivity index (χ0v) is 49.5. The Morgan fingerprint density at radius 2 is 0.929 bits per heavy atom. The van der Waals surface area contributed by atoms with Crippen LogP contribution >= 0.6 is 0 Å². The van der Waals surface area contributed by atoms with Crippen LogP contribution in [0.15, 0.2) is 45.4 Å². The van der Waals surface area contributed by atoms with Crippen LogP contribution in [0.3, 0.4) is 0 Å². The molecule has 1 heterocycles. The van der Waals surface area contributed by atoms with Crippen LogP contribution in [0.4, 0.5) is 0 Å². The van der Waals surface area contributed by atoms with E-state index in [-0.39, 0.29) is 95.4 Å². The van der Waals surface area contributed by atoms with Gasteiger partial charge in [-0.1, -0.05) is 58.7 Å². The summed E-state index contributed by atoms with van der Waals surface area (Å²) < 4.78 is 0. The van der Waals surface area contributed by atoms with E-state index in [0.717, 1.165) is 10.9 Å². The Labute approximate surface area is 496 Å². The molecule has 31 nitrogen and oxygen atoms in total. The van der Waals surface area contributed by atoms with Gasteiger partial charge in [0, 0.05) is 43.2 Å². The van der Waals surface area contributed by atoms with E-state index in [4.69, 9.17) is 51.6 Å². The molecule has 31 heteroatoms. The molecule has 2 rings (SSSR count). The molecule has 0 aliphatic carbocycles. The zero-order valence-electron chi connectivity index (χ0n) is 49.5. The number of amides is 8. The lowest BCUT2D eigenvalue weighted by atomic mass is 9.96. The standard InChI is InChI=1S/C54H95N21O10/c1-5-31(4)43(75-44(78)34(57)16-8-10-22-55)51(85)72-38(20-13-25-65-53(60)61)47(81)70-37(19-12-24-64-52(58)59)46(80)69-36(18-9-11-23-56)49(83)74-42(30(2)3)50(84)71-39(21-14-26-66-54(62)63)48(82)73-40(45(79)68-29-41(76)77)27-32-28-67-35-17-7-6-15-33(32)35/h6-7,15,17,28,30-31,34,36-40,42-43,67H,5,8-14,16,18-27,29,55-57H2,1-4H3,(H,68,79)(H,69,80)(H,70,81)(H,71,84)(H,72,85)(H,73,82)(H,74,83)(H,75,78)(H,76,77)(H4,58,59,64)(H4,60,61,65)(H4,62,63,66)/t31-,34-,36-,37-,38-,39-,40-,42-,43-/m0/s1. The van der Waals surface area contributed by atoms with E-state index in [1.165, 1.54) is 0 Å². The molecular weight excluding hydrogens is 1100 g/mol. The van der Waals surface area contributed by atoms with Gasteiger partial charge in [0.25, 0.3) is 0 Å². The second-order valence-corrected chi connectivity index (χ2v) is 21.1. The molecule has 0 aliphatic rings. The van der Waals surface area contributed by atoms with E-state index < -0.39 is 120 Å². The number of carbonyl (C=O) groups excluding carboxylic acids is 8. The summed E-state index contributed by atoms with van der Waals surface area (Å²) in [5.74, 6) is -9.20. The number of nitrogens with zero attached hydrogens (tertiary/aromatic N) is 3. The number of para-hydroxylation sites is 1. The highest BCUT2D eigenvalue weighted by Crippen LogP contribution is 2.20. The number of hydrogen-bond acceptors (Lipinski definition) is 15. The van der Waals surface area contributed by atoms with E-state index in [1.54, 1.807) is 33.0 Å². The fourth-order valence-electron chi connectivity index (χ4n) is 8.83. The minimum absolute atomic E-state index is 0.0102. The molecule has 9 atom stereocenters. The Morgan fingerprint density at radius 1 is 0.518 bits per heavy atom. The van der Waals surface area contributed by atoms with Crippen LogP contribution in [0.5, 0.6) is 0 Å². The lowest BCUT2D eigenvalue weighted by Gasteiger charge is -2.29. The summed E-state index contributed by atoms with van der Waals surface area (Å²) in [6.45, 7) is 6.91. The second-order valence-electron chi connectivity index (χ2n) is 21.1. The number of guanidine groups is 3. The van der Waals surface area contributed by atoms with Crippen LogP contribution < -0.4 is 94.1 Å². The fraction of sp³-hybridized carbons (Fsp3) is 0.630. The van der Waals surface area contributed by atoms with Gasteiger partial charge in [-0.05, 0) is 107 Å². The smallest absolute Gasteiger partial charge is 0.322 e. The first kappa shape index (κ1) is 72.8. The molecule has 8 amide bonds. The number of rotatable bonds is 42. The molecule has 0 saturated heterocycles. The number of hydrogen-bond donors (Lipinski definition) is 19. The number of benzene rings is 1. The van der Waals surface area contributed by atoms with E-state index in [0.29, 0.717) is 50.6 Å². The SMILES string of the molecule is CC[C@H](C)[C@H](NC(=O)[C@@H](N)CCCCN)C(=O)N[C@@H](CCCN=C(N)N)C(=O)N[C@@H](CCCN=C(N)N)C(=O)N[C@@H](CCCCN)C(=O)N[C@H](C(=O)N[C@@H](CCCN=C(N)N)C(=O)N[C@@H](Cc1c[nH]c2ccccc12)C(=O)NCC(=O)O)C(C)C. The minimum atomic E-state index is -1.38. The normalized spacial score (nSPS) is 14.3. The first-order valence-corrected chi connectivity index (χ1v) is 28.8. The topological polar surface area (TPSA) is 557 Å². The Kier molecular flexibility index (Phi) is 33.6. The van der Waals surface area contributed by atoms with Gasteiger partial charge in [-0.3, -0.25) is 58.1 Å². The highest BCUT2D eigenvalue weighted by atomic mass is 16.4. The molecule has 0 spiro atoms. The van der Waals surface area contributed by atoms with Gasteiger partial charge in [-0.25, -0.2) is 0 Å². The molecule has 85 heavy (non-hydrogen) atoms. The van der Waals surface area contributed by atoms with Crippen LogP contribution in [-0.2, 0) is 49.6 Å². The van der Waals surface area contributed by atoms with E-state index in [2.05, 4.69) is 62.5 Å². The number of H-pyrrole nitrogens is 1. The first-order valence-electron chi connectivity index (χ1n) is 28.8. The van der Waals surface area contributed by atoms with Crippen LogP contribution in [0.2, 0.25) is 0 Å². The van der Waals surface area contributed by atoms with Crippen molar-refractivity contribution in [3.05, 3.63) is 36.0 Å². The number of aliphatic imine (C=N–C) groups is 3. The molecule has 476 valence electrons. The Bertz CT molecular complexity index is 2560. The summed E-state index contributed by atoms with van der Waals surface area (Å²) in [5.41, 5.74) is 52.3. The maximum absolute atomic E-state index is 14.5. The highest BCUT2D eigenvalue weighted by molar-refractivity contribution is 5.98. The largest absolute Gasteiger partial charge is 0.480 e. The number of carboxylic acids is 1. The Morgan fingerprint density at radius 3 is 1.38 bits per heavy atom. The van der Waals surface area contributed by atoms with Gasteiger partial charge >= 0.3 is 5.97 Å². The van der Waals surface area contributed by atoms with Crippen molar-refractivity contribution in [1.82, 2.24) is 47.5 Å². The number of fused-ring (bicyclic) bond motifs is 1. The van der Waals surface area contributed by atoms with Crippen molar-refractivity contribution in [1.29, 1.82) is 0 Å². The number of aromatic amines is 1. The van der Waals surface area contributed by atoms with Crippen molar-refractivity contribution < 1.29 is 48.3 Å². The number of carboxylic acid groups (broad SMARTS) is 1. The third kappa shape index (κ3) is 27.7. The number of unbranched alkanes of at least 4 members (excludes halogenated alkanes) is 2. The van der Waals surface area contributed by atoms with Crippen molar-refractivity contribution >= 4 is 82.0 Å². The third-order valence-electron chi connectivity index (χ3n) is 13.8. The summed E-state index contributed by atoms with van der Waals surface area (Å²) in [4.78, 5) is 140. The summed E-state index contributed by atoms with van der Waals surface area (Å²) in [6, 6.07) is -2.89. The van der Waals surface area contributed by atoms with Crippen molar-refractivity contribution in [2.75, 3.05) is 39.3 Å². The summed E-state index contributed by atoms with van der Waals surface area (Å²) >= 11 is 0. The minimum Gasteiger partial charge on any atom is -0.480 e. The Hall–Kier alpha value is -8.32. The monoisotopic (exact) mass is 1200 g/mol. The molecular formula is C54H95N21O10. The Balaban J connectivity index is 2.54. The predicted molar refractivity (Wildman–Crippen MR) is 324 cm³/mol. The average Bonchev–Trinajstić information content (AvgIpc) is 3.33. The maximum Gasteiger partial charge on any atom is 0.322 e. The summed E-state index contributed by atoms with van der Waals surface area (Å²) in [5, 5.41) is 31.4. The number of carbonyl (C=O) groups is 9. The van der Waals surface area contributed by atoms with Gasteiger partial charge in [0.2, 0.25) is 47.3 Å². The van der Waals surface area contributed by atoms with E-state index >= 15 is 0 Å². The van der Waals surface area contributed by atoms with Gasteiger partial charge in [0.15, 0.2) is 17.9 Å². The highest BCUT2D eigenvalue weighted by Gasteiger charge is 2.36. The molecule has 28 N–H and O–H groups in total. The molecule has 0 fully saturated rings. The van der Waals surface area contributed by atoms with Crippen molar-refractivity contribution in [2.45, 2.75) is 166 Å². The average molecular weight is 1200 g/mol. The third-order valence-corrected chi connectivity index (χ3v) is 13.8. The van der Waals surface area contributed by atoms with Crippen molar-refractivity contribution in [2.24, 2.45) is 78.4 Å². The zero-order chi connectivity index (χ0) is 63.6. The van der Waals surface area contributed by atoms with E-state index in [1.807, 2.05) is 25.1 Å². The molecule has 1 aromatic heterocycles. The lowest BCUT2D eigenvalue weighted by Crippen LogP contribution is -2.61. The quantitative estimate of drug-likeness (QED) is 0.0170. The second kappa shape index (κ2) is 39.3. The summed E-state index contributed by atoms with van der Waals surface area (Å²) in [6.07, 6.45) is 4.65. The van der Waals surface area contributed by atoms with Gasteiger partial charge in [0.1, 0.15) is 48.8 Å². The molecule has 0 saturated carbocycles. The van der Waals surface area contributed by atoms with Gasteiger partial charge in [0.05, 0.1) is 6.04 Å². The van der Waals surface area contributed by atoms with Crippen LogP contribution in [0.25, 0.3) is 10.9 Å². The molecule has 0 unspecified atom stereocenters. The van der Waals surface area contributed by atoms with Crippen LogP contribution in [-0.4, -0.2) is 169 Å². The van der Waals surface area contributed by atoms with Gasteiger partial charge in [-0.2, -0.15) is 0 Å². The summed E-state index contributed by atoms with van der Waals surface area (Å²) in [7, 11) is 0. The maximum atomic E-state index is 14.5. The predicted octanol–water partition coefficient (Wildman–Crippen LogP) is -4.25. The molecule has 2 aromatic rings. The van der Waals surface area contributed by atoms with Crippen LogP contribution in [0.1, 0.15) is 117 Å². The molecule has 1 aromatic carbocycles. The first-order chi connectivity index (χ1) is 40.3. The number of aliphatic carboxylic acids is 1. The van der Waals surface area contributed by atoms with E-state index in [9.17, 15) is 48.3 Å². The fourth-order valence-corrected chi connectivity index (χ4v) is 8.83. The molecule has 0 radical (unpaired) electrons. The number of nitrogens with one attached hydrogen (secondary N) is 9. The van der Waals surface area contributed by atoms with Crippen molar-refractivity contribution in [3.8, 4) is 0 Å². The van der Waals surface area contributed by atoms with Gasteiger partial charge in [-0.15, -0.1) is 0 Å². The number of nitrogens with two attached hydrogens (primary N) is 9.